The van der Waals surface area contributed by atoms with Crippen LogP contribution < -0.4 is 5.32 Å². The Bertz CT molecular complexity index is 557. The van der Waals surface area contributed by atoms with Crippen molar-refractivity contribution in [3.05, 3.63) is 42.2 Å². The van der Waals surface area contributed by atoms with Crippen LogP contribution in [0.1, 0.15) is 24.2 Å². The van der Waals surface area contributed by atoms with Gasteiger partial charge < -0.3 is 10.3 Å². The number of aromatic nitrogens is 1. The summed E-state index contributed by atoms with van der Waals surface area (Å²) in [6.07, 6.45) is 0.990. The van der Waals surface area contributed by atoms with Crippen LogP contribution in [-0.4, -0.2) is 11.5 Å². The predicted molar refractivity (Wildman–Crippen MR) is 67.2 cm³/mol. The van der Waals surface area contributed by atoms with Crippen molar-refractivity contribution in [2.45, 2.75) is 19.4 Å². The summed E-state index contributed by atoms with van der Waals surface area (Å²) in [5, 5.41) is 4.61. The number of rotatable bonds is 1. The third kappa shape index (κ3) is 1.62. The van der Waals surface area contributed by atoms with E-state index >= 15 is 0 Å². The molecule has 1 aromatic carbocycles. The third-order valence-electron chi connectivity index (χ3n) is 3.52. The van der Waals surface area contributed by atoms with E-state index in [4.69, 9.17) is 0 Å². The quantitative estimate of drug-likeness (QED) is 0.725. The van der Waals surface area contributed by atoms with Gasteiger partial charge in [0.15, 0.2) is 0 Å². The first kappa shape index (κ1) is 10.7. The van der Waals surface area contributed by atoms with E-state index in [1.165, 1.54) is 17.3 Å². The number of H-pyrrole nitrogens is 1. The highest BCUT2D eigenvalue weighted by Crippen LogP contribution is 2.33. The van der Waals surface area contributed by atoms with E-state index < -0.39 is 0 Å². The average Bonchev–Trinajstić information content (AvgIpc) is 2.65. The molecule has 0 radical (unpaired) electrons. The lowest BCUT2D eigenvalue weighted by Crippen LogP contribution is -2.32. The Morgan fingerprint density at radius 3 is 3.06 bits per heavy atom. The monoisotopic (exact) mass is 231 g/mol. The second kappa shape index (κ2) is 3.77. The first-order valence-electron chi connectivity index (χ1n) is 6.03. The fraction of sp³-hybridized carbons (Fsp3) is 0.357. The van der Waals surface area contributed by atoms with Crippen molar-refractivity contribution in [3.63, 3.8) is 0 Å². The van der Waals surface area contributed by atoms with Gasteiger partial charge in [-0.15, -0.1) is 0 Å². The van der Waals surface area contributed by atoms with Crippen molar-refractivity contribution in [2.24, 2.45) is 5.92 Å². The van der Waals surface area contributed by atoms with Crippen molar-refractivity contribution in [2.75, 3.05) is 6.54 Å². The molecule has 1 aliphatic rings. The molecule has 0 aliphatic carbocycles. The molecule has 1 aliphatic heterocycles. The highest BCUT2D eigenvalue weighted by Gasteiger charge is 2.28. The summed E-state index contributed by atoms with van der Waals surface area (Å²) in [7, 11) is 0. The van der Waals surface area contributed by atoms with Gasteiger partial charge in [0.25, 0.3) is 0 Å². The summed E-state index contributed by atoms with van der Waals surface area (Å²) in [5.41, 5.74) is 3.39. The van der Waals surface area contributed by atoms with Crippen LogP contribution in [0, 0.1) is 18.7 Å². The van der Waals surface area contributed by atoms with E-state index in [0.29, 0.717) is 0 Å². The molecular formula is C14H16FN2+. The molecule has 0 saturated carbocycles. The topological polar surface area (TPSA) is 27.8 Å². The van der Waals surface area contributed by atoms with Gasteiger partial charge in [-0.2, -0.15) is 0 Å². The molecular weight excluding hydrogens is 215 g/mol. The fourth-order valence-electron chi connectivity index (χ4n) is 2.72. The second-order valence-corrected chi connectivity index (χ2v) is 4.87. The highest BCUT2D eigenvalue weighted by molar-refractivity contribution is 5.85. The summed E-state index contributed by atoms with van der Waals surface area (Å²) in [6.45, 7) is 7.15. The van der Waals surface area contributed by atoms with E-state index in [2.05, 4.69) is 24.1 Å². The van der Waals surface area contributed by atoms with Gasteiger partial charge in [0, 0.05) is 23.1 Å². The molecule has 17 heavy (non-hydrogen) atoms. The number of aromatic amines is 1. The lowest BCUT2D eigenvalue weighted by Gasteiger charge is -2.24. The van der Waals surface area contributed by atoms with Crippen LogP contribution in [-0.2, 0) is 6.42 Å². The zero-order valence-electron chi connectivity index (χ0n) is 9.89. The van der Waals surface area contributed by atoms with E-state index in [1.54, 1.807) is 6.07 Å². The van der Waals surface area contributed by atoms with E-state index in [0.717, 1.165) is 23.9 Å². The van der Waals surface area contributed by atoms with Gasteiger partial charge in [-0.1, -0.05) is 0 Å². The molecule has 0 fully saturated rings. The number of hydrogen-bond acceptors (Lipinski definition) is 1. The third-order valence-corrected chi connectivity index (χ3v) is 3.52. The van der Waals surface area contributed by atoms with Crippen LogP contribution in [0.3, 0.4) is 0 Å². The Morgan fingerprint density at radius 2 is 2.29 bits per heavy atom. The van der Waals surface area contributed by atoms with Crippen LogP contribution in [0.25, 0.3) is 10.9 Å². The lowest BCUT2D eigenvalue weighted by atomic mass is 9.92. The van der Waals surface area contributed by atoms with E-state index in [1.807, 2.05) is 6.07 Å². The molecule has 3 heteroatoms. The zero-order valence-corrected chi connectivity index (χ0v) is 9.89. The smallest absolute Gasteiger partial charge is 0.125 e. The standard InChI is InChI=1S/C14H16FN2/c1-8(2)13-14-11(5-6-16-13)10-4-3-9(15)7-12(10)17-14/h3-4,7-8,13,16-17H,1,5-6H2,2H3/q+1. The summed E-state index contributed by atoms with van der Waals surface area (Å²) >= 11 is 0. The van der Waals surface area contributed by atoms with E-state index in [-0.39, 0.29) is 17.8 Å². The molecule has 2 nitrogen and oxygen atoms in total. The minimum Gasteiger partial charge on any atom is -0.357 e. The van der Waals surface area contributed by atoms with Crippen LogP contribution >= 0.6 is 0 Å². The molecule has 2 unspecified atom stereocenters. The molecule has 1 aromatic heterocycles. The lowest BCUT2D eigenvalue weighted by molar-refractivity contribution is 0.416. The van der Waals surface area contributed by atoms with Gasteiger partial charge in [0.05, 0.1) is 13.0 Å². The van der Waals surface area contributed by atoms with Gasteiger partial charge in [-0.3, -0.25) is 0 Å². The molecule has 2 N–H and O–H groups in total. The van der Waals surface area contributed by atoms with Crippen LogP contribution in [0.15, 0.2) is 18.2 Å². The normalized spacial score (nSPS) is 21.4. The number of hydrogen-bond donors (Lipinski definition) is 2. The highest BCUT2D eigenvalue weighted by atomic mass is 19.1. The van der Waals surface area contributed by atoms with E-state index in [9.17, 15) is 4.39 Å². The Kier molecular flexibility index (Phi) is 2.37. The number of benzene rings is 1. The maximum absolute atomic E-state index is 13.2. The van der Waals surface area contributed by atoms with Crippen LogP contribution in [0.4, 0.5) is 4.39 Å². The summed E-state index contributed by atoms with van der Waals surface area (Å²) in [4.78, 5) is 3.35. The van der Waals surface area contributed by atoms with Gasteiger partial charge in [0.1, 0.15) is 11.7 Å². The summed E-state index contributed by atoms with van der Waals surface area (Å²) < 4.78 is 13.2. The molecule has 2 aromatic rings. The van der Waals surface area contributed by atoms with Crippen molar-refractivity contribution < 1.29 is 4.39 Å². The minimum atomic E-state index is -0.191. The molecule has 0 bridgehead atoms. The molecule has 88 valence electrons. The van der Waals surface area contributed by atoms with Crippen molar-refractivity contribution in [1.29, 1.82) is 0 Å². The van der Waals surface area contributed by atoms with Crippen LogP contribution in [0.5, 0.6) is 0 Å². The van der Waals surface area contributed by atoms with Crippen molar-refractivity contribution in [1.82, 2.24) is 10.3 Å². The Labute approximate surface area is 100 Å². The molecule has 2 heterocycles. The van der Waals surface area contributed by atoms with Gasteiger partial charge >= 0.3 is 0 Å². The van der Waals surface area contributed by atoms with Gasteiger partial charge in [0.2, 0.25) is 0 Å². The van der Waals surface area contributed by atoms with Crippen molar-refractivity contribution in [3.8, 4) is 0 Å². The number of nitrogens with one attached hydrogen (secondary N) is 2. The minimum absolute atomic E-state index is 0.191. The van der Waals surface area contributed by atoms with Crippen molar-refractivity contribution >= 4 is 10.9 Å². The average molecular weight is 231 g/mol. The second-order valence-electron chi connectivity index (χ2n) is 4.87. The Hall–Kier alpha value is -1.48. The molecule has 2 atom stereocenters. The Balaban J connectivity index is 2.21. The maximum atomic E-state index is 13.2. The predicted octanol–water partition coefficient (Wildman–Crippen LogP) is 2.96. The largest absolute Gasteiger partial charge is 0.357 e. The first-order chi connectivity index (χ1) is 8.16. The number of halogens is 1. The zero-order chi connectivity index (χ0) is 12.0. The summed E-state index contributed by atoms with van der Waals surface area (Å²) in [6, 6.07) is 5.21. The molecule has 0 spiro atoms. The van der Waals surface area contributed by atoms with Crippen LogP contribution in [0.2, 0.25) is 0 Å². The SMILES string of the molecule is [CH2+]C(C)C1NCCc2c1[nH]c1cc(F)ccc21. The molecule has 0 saturated heterocycles. The maximum Gasteiger partial charge on any atom is 0.125 e. The first-order valence-corrected chi connectivity index (χ1v) is 6.03. The Morgan fingerprint density at radius 1 is 1.47 bits per heavy atom. The van der Waals surface area contributed by atoms with Gasteiger partial charge in [-0.25, -0.2) is 4.39 Å². The summed E-state index contributed by atoms with van der Waals surface area (Å²) in [5.74, 6) is 0.0928. The fourth-order valence-corrected chi connectivity index (χ4v) is 2.72. The number of fused-ring (bicyclic) bond motifs is 3. The van der Waals surface area contributed by atoms with Gasteiger partial charge in [-0.05, 0) is 37.1 Å². The molecule has 3 rings (SSSR count). The molecule has 0 amide bonds.